The van der Waals surface area contributed by atoms with Crippen molar-refractivity contribution in [3.8, 4) is 0 Å². The maximum atomic E-state index is 9.27. The molecule has 1 unspecified atom stereocenters. The lowest BCUT2D eigenvalue weighted by Crippen LogP contribution is -2.23. The highest BCUT2D eigenvalue weighted by Gasteiger charge is 2.13. The molecule has 1 N–H and O–H groups in total. The third kappa shape index (κ3) is 4.08. The van der Waals surface area contributed by atoms with Crippen LogP contribution in [0.2, 0.25) is 0 Å². The smallest absolute Gasteiger partial charge is 0.0739 e. The van der Waals surface area contributed by atoms with E-state index in [0.29, 0.717) is 0 Å². The van der Waals surface area contributed by atoms with Crippen LogP contribution in [0.3, 0.4) is 0 Å². The number of aryl methyl sites for hydroxylation is 2. The number of aliphatic hydroxyl groups is 1. The monoisotopic (exact) mass is 303 g/mol. The van der Waals surface area contributed by atoms with Crippen molar-refractivity contribution < 1.29 is 5.11 Å². The van der Waals surface area contributed by atoms with Crippen LogP contribution in [-0.4, -0.2) is 39.5 Å². The fraction of sp³-hybridized carbons (Fsp3) is 0.750. The van der Waals surface area contributed by atoms with Gasteiger partial charge in [-0.05, 0) is 50.2 Å². The first-order chi connectivity index (χ1) is 7.95. The fourth-order valence-electron chi connectivity index (χ4n) is 1.76. The maximum Gasteiger partial charge on any atom is 0.0739 e. The number of halogens is 1. The number of aromatic nitrogens is 2. The van der Waals surface area contributed by atoms with Gasteiger partial charge >= 0.3 is 0 Å². The van der Waals surface area contributed by atoms with Crippen LogP contribution >= 0.6 is 15.9 Å². The summed E-state index contributed by atoms with van der Waals surface area (Å²) in [5.74, 6) is 0. The van der Waals surface area contributed by atoms with Gasteiger partial charge in [-0.15, -0.1) is 0 Å². The van der Waals surface area contributed by atoms with Gasteiger partial charge in [0.15, 0.2) is 0 Å². The van der Waals surface area contributed by atoms with Gasteiger partial charge in [-0.2, -0.15) is 5.10 Å². The number of nitrogens with zero attached hydrogens (tertiary/aromatic N) is 3. The highest BCUT2D eigenvalue weighted by atomic mass is 79.9. The van der Waals surface area contributed by atoms with E-state index in [-0.39, 0.29) is 6.10 Å². The van der Waals surface area contributed by atoms with Gasteiger partial charge in [0.05, 0.1) is 22.0 Å². The molecule has 0 bridgehead atoms. The minimum absolute atomic E-state index is 0.237. The summed E-state index contributed by atoms with van der Waals surface area (Å²) >= 11 is 3.59. The molecule has 0 saturated heterocycles. The van der Waals surface area contributed by atoms with Crippen LogP contribution in [0, 0.1) is 6.92 Å². The number of aliphatic hydroxyl groups excluding tert-OH is 1. The Bertz CT molecular complexity index is 363. The minimum atomic E-state index is -0.237. The van der Waals surface area contributed by atoms with E-state index in [1.807, 2.05) is 18.5 Å². The van der Waals surface area contributed by atoms with E-state index >= 15 is 0 Å². The highest BCUT2D eigenvalue weighted by Crippen LogP contribution is 2.22. The summed E-state index contributed by atoms with van der Waals surface area (Å²) in [5, 5.41) is 13.7. The summed E-state index contributed by atoms with van der Waals surface area (Å²) in [6.45, 7) is 8.55. The molecular formula is C12H22BrN3O. The second-order valence-corrected chi connectivity index (χ2v) is 5.33. The molecule has 0 aromatic carbocycles. The summed E-state index contributed by atoms with van der Waals surface area (Å²) in [6.07, 6.45) is 0.562. The molecule has 0 radical (unpaired) electrons. The van der Waals surface area contributed by atoms with Gasteiger partial charge in [0.25, 0.3) is 0 Å². The van der Waals surface area contributed by atoms with E-state index in [2.05, 4.69) is 39.9 Å². The number of hydrogen-bond acceptors (Lipinski definition) is 3. The van der Waals surface area contributed by atoms with Crippen LogP contribution in [0.5, 0.6) is 0 Å². The van der Waals surface area contributed by atoms with Crippen LogP contribution < -0.4 is 0 Å². The molecule has 0 saturated carbocycles. The standard InChI is InChI=1S/C12H22BrN3O/c1-5-16-11(12(13)10(3)14-16)8-15(4)7-6-9(2)17/h9,17H,5-8H2,1-4H3. The first kappa shape index (κ1) is 14.7. The molecule has 98 valence electrons. The van der Waals surface area contributed by atoms with E-state index in [1.165, 1.54) is 5.69 Å². The van der Waals surface area contributed by atoms with Crippen LogP contribution in [0.25, 0.3) is 0 Å². The Balaban J connectivity index is 2.67. The Labute approximate surface area is 112 Å². The molecule has 1 rings (SSSR count). The van der Waals surface area contributed by atoms with Crippen molar-refractivity contribution in [1.82, 2.24) is 14.7 Å². The number of hydrogen-bond donors (Lipinski definition) is 1. The zero-order valence-electron chi connectivity index (χ0n) is 11.1. The van der Waals surface area contributed by atoms with Crippen molar-refractivity contribution in [2.75, 3.05) is 13.6 Å². The third-order valence-corrected chi connectivity index (χ3v) is 3.83. The van der Waals surface area contributed by atoms with E-state index in [1.54, 1.807) is 0 Å². The topological polar surface area (TPSA) is 41.3 Å². The molecule has 17 heavy (non-hydrogen) atoms. The highest BCUT2D eigenvalue weighted by molar-refractivity contribution is 9.10. The first-order valence-corrected chi connectivity index (χ1v) is 6.83. The Morgan fingerprint density at radius 2 is 2.18 bits per heavy atom. The van der Waals surface area contributed by atoms with Crippen molar-refractivity contribution in [2.24, 2.45) is 0 Å². The molecule has 0 aliphatic heterocycles. The lowest BCUT2D eigenvalue weighted by molar-refractivity contribution is 0.162. The maximum absolute atomic E-state index is 9.27. The Kier molecular flexibility index (Phi) is 5.62. The molecule has 4 nitrogen and oxygen atoms in total. The van der Waals surface area contributed by atoms with Crippen LogP contribution in [0.4, 0.5) is 0 Å². The molecule has 1 atom stereocenters. The first-order valence-electron chi connectivity index (χ1n) is 6.04. The second kappa shape index (κ2) is 6.52. The van der Waals surface area contributed by atoms with Gasteiger partial charge in [0.2, 0.25) is 0 Å². The summed E-state index contributed by atoms with van der Waals surface area (Å²) < 4.78 is 3.13. The van der Waals surface area contributed by atoms with E-state index in [9.17, 15) is 5.11 Å². The SMILES string of the molecule is CCn1nc(C)c(Br)c1CN(C)CCC(C)O. The van der Waals surface area contributed by atoms with E-state index < -0.39 is 0 Å². The van der Waals surface area contributed by atoms with Gasteiger partial charge in [0, 0.05) is 19.6 Å². The van der Waals surface area contributed by atoms with E-state index in [0.717, 1.165) is 36.2 Å². The normalized spacial score (nSPS) is 13.4. The number of rotatable bonds is 6. The Hall–Kier alpha value is -0.390. The van der Waals surface area contributed by atoms with Gasteiger partial charge in [-0.3, -0.25) is 4.68 Å². The second-order valence-electron chi connectivity index (χ2n) is 4.54. The molecule has 1 heterocycles. The van der Waals surface area contributed by atoms with Gasteiger partial charge in [-0.25, -0.2) is 0 Å². The molecule has 0 fully saturated rings. The predicted molar refractivity (Wildman–Crippen MR) is 73.0 cm³/mol. The van der Waals surface area contributed by atoms with Crippen molar-refractivity contribution >= 4 is 15.9 Å². The summed E-state index contributed by atoms with van der Waals surface area (Å²) in [4.78, 5) is 2.21. The zero-order valence-corrected chi connectivity index (χ0v) is 12.7. The van der Waals surface area contributed by atoms with Crippen molar-refractivity contribution in [3.05, 3.63) is 15.9 Å². The summed E-state index contributed by atoms with van der Waals surface area (Å²) in [5.41, 5.74) is 2.24. The van der Waals surface area contributed by atoms with Crippen molar-refractivity contribution in [2.45, 2.75) is 46.4 Å². The zero-order chi connectivity index (χ0) is 13.0. The molecule has 0 aliphatic carbocycles. The molecule has 1 aromatic heterocycles. The minimum Gasteiger partial charge on any atom is -0.393 e. The molecular weight excluding hydrogens is 282 g/mol. The molecule has 0 aliphatic rings. The molecule has 0 spiro atoms. The lowest BCUT2D eigenvalue weighted by Gasteiger charge is -2.18. The average Bonchev–Trinajstić information content (AvgIpc) is 2.54. The Morgan fingerprint density at radius 1 is 1.53 bits per heavy atom. The molecule has 5 heteroatoms. The van der Waals surface area contributed by atoms with Crippen molar-refractivity contribution in [1.29, 1.82) is 0 Å². The fourth-order valence-corrected chi connectivity index (χ4v) is 2.17. The quantitative estimate of drug-likeness (QED) is 0.876. The predicted octanol–water partition coefficient (Wildman–Crippen LogP) is 2.18. The lowest BCUT2D eigenvalue weighted by atomic mass is 10.2. The van der Waals surface area contributed by atoms with Crippen LogP contribution in [-0.2, 0) is 13.1 Å². The average molecular weight is 304 g/mol. The third-order valence-electron chi connectivity index (χ3n) is 2.80. The van der Waals surface area contributed by atoms with Gasteiger partial charge < -0.3 is 10.0 Å². The summed E-state index contributed by atoms with van der Waals surface area (Å²) in [6, 6.07) is 0. The van der Waals surface area contributed by atoms with Crippen molar-refractivity contribution in [3.63, 3.8) is 0 Å². The Morgan fingerprint density at radius 3 is 2.71 bits per heavy atom. The molecule has 0 amide bonds. The molecule has 1 aromatic rings. The van der Waals surface area contributed by atoms with Crippen LogP contribution in [0.1, 0.15) is 31.7 Å². The van der Waals surface area contributed by atoms with E-state index in [4.69, 9.17) is 0 Å². The summed E-state index contributed by atoms with van der Waals surface area (Å²) in [7, 11) is 2.07. The largest absolute Gasteiger partial charge is 0.393 e. The van der Waals surface area contributed by atoms with Gasteiger partial charge in [-0.1, -0.05) is 0 Å². The van der Waals surface area contributed by atoms with Gasteiger partial charge in [0.1, 0.15) is 0 Å². The van der Waals surface area contributed by atoms with Crippen LogP contribution in [0.15, 0.2) is 4.47 Å².